The number of furan rings is 1. The van der Waals surface area contributed by atoms with Gasteiger partial charge in [0.05, 0.1) is 6.54 Å². The molecule has 0 saturated carbocycles. The Bertz CT molecular complexity index is 582. The van der Waals surface area contributed by atoms with Gasteiger partial charge in [-0.25, -0.2) is 0 Å². The molecule has 102 valence electrons. The summed E-state index contributed by atoms with van der Waals surface area (Å²) in [6.45, 7) is 6.32. The molecule has 1 aromatic heterocycles. The molecule has 0 radical (unpaired) electrons. The molecule has 2 aromatic rings. The molecule has 19 heavy (non-hydrogen) atoms. The van der Waals surface area contributed by atoms with Gasteiger partial charge in [0.15, 0.2) is 0 Å². The zero-order chi connectivity index (χ0) is 13.2. The van der Waals surface area contributed by atoms with E-state index in [2.05, 4.69) is 31.3 Å². The number of aryl methyl sites for hydroxylation is 3. The maximum absolute atomic E-state index is 6.10. The number of nitrogens with one attached hydrogen (secondary N) is 1. The summed E-state index contributed by atoms with van der Waals surface area (Å²) in [5.41, 5.74) is 5.52. The molecule has 0 spiro atoms. The third kappa shape index (κ3) is 2.30. The van der Waals surface area contributed by atoms with Gasteiger partial charge in [0, 0.05) is 10.9 Å². The molecule has 2 heteroatoms. The predicted molar refractivity (Wildman–Crippen MR) is 79.6 cm³/mol. The molecule has 0 fully saturated rings. The van der Waals surface area contributed by atoms with Crippen LogP contribution in [-0.2, 0) is 25.8 Å². The maximum Gasteiger partial charge on any atom is 0.134 e. The standard InChI is InChI=1S/C17H23NO/c1-3-8-18-11-17-14(4-2)15-9-12-6-5-7-13(12)10-16(15)19-17/h9-10,18H,3-8,11H2,1-2H3. The summed E-state index contributed by atoms with van der Waals surface area (Å²) in [5.74, 6) is 1.13. The summed E-state index contributed by atoms with van der Waals surface area (Å²) in [5, 5.41) is 4.79. The first-order chi connectivity index (χ1) is 9.33. The molecule has 1 heterocycles. The Kier molecular flexibility index (Phi) is 3.61. The number of fused-ring (bicyclic) bond motifs is 2. The topological polar surface area (TPSA) is 25.2 Å². The minimum Gasteiger partial charge on any atom is -0.459 e. The van der Waals surface area contributed by atoms with Crippen LogP contribution >= 0.6 is 0 Å². The van der Waals surface area contributed by atoms with Crippen molar-refractivity contribution < 1.29 is 4.42 Å². The van der Waals surface area contributed by atoms with E-state index >= 15 is 0 Å². The Balaban J connectivity index is 1.99. The van der Waals surface area contributed by atoms with E-state index in [-0.39, 0.29) is 0 Å². The monoisotopic (exact) mass is 257 g/mol. The van der Waals surface area contributed by atoms with E-state index in [0.29, 0.717) is 0 Å². The van der Waals surface area contributed by atoms with E-state index in [4.69, 9.17) is 4.42 Å². The number of rotatable bonds is 5. The highest BCUT2D eigenvalue weighted by molar-refractivity contribution is 5.84. The van der Waals surface area contributed by atoms with Crippen molar-refractivity contribution in [2.24, 2.45) is 0 Å². The maximum atomic E-state index is 6.10. The fourth-order valence-electron chi connectivity index (χ4n) is 3.18. The second-order valence-electron chi connectivity index (χ2n) is 5.50. The number of hydrogen-bond donors (Lipinski definition) is 1. The Hall–Kier alpha value is -1.28. The van der Waals surface area contributed by atoms with Gasteiger partial charge in [0.2, 0.25) is 0 Å². The van der Waals surface area contributed by atoms with Crippen LogP contribution in [0, 0.1) is 0 Å². The van der Waals surface area contributed by atoms with E-state index in [1.165, 1.54) is 41.3 Å². The highest BCUT2D eigenvalue weighted by atomic mass is 16.3. The first-order valence-corrected chi connectivity index (χ1v) is 7.60. The van der Waals surface area contributed by atoms with Crippen molar-refractivity contribution in [2.75, 3.05) is 6.54 Å². The van der Waals surface area contributed by atoms with Crippen LogP contribution in [0.1, 0.15) is 49.1 Å². The third-order valence-corrected chi connectivity index (χ3v) is 4.15. The largest absolute Gasteiger partial charge is 0.459 e. The van der Waals surface area contributed by atoms with Crippen molar-refractivity contribution in [2.45, 2.75) is 52.5 Å². The van der Waals surface area contributed by atoms with Gasteiger partial charge in [0.1, 0.15) is 11.3 Å². The molecule has 0 bridgehead atoms. The summed E-state index contributed by atoms with van der Waals surface area (Å²) in [6, 6.07) is 4.66. The van der Waals surface area contributed by atoms with Crippen LogP contribution in [0.2, 0.25) is 0 Å². The van der Waals surface area contributed by atoms with E-state index in [9.17, 15) is 0 Å². The third-order valence-electron chi connectivity index (χ3n) is 4.15. The van der Waals surface area contributed by atoms with Crippen LogP contribution < -0.4 is 5.32 Å². The Labute approximate surface area is 115 Å². The highest BCUT2D eigenvalue weighted by Crippen LogP contribution is 2.32. The first kappa shape index (κ1) is 12.7. The summed E-state index contributed by atoms with van der Waals surface area (Å²) >= 11 is 0. The second kappa shape index (κ2) is 5.38. The Morgan fingerprint density at radius 2 is 1.95 bits per heavy atom. The molecule has 1 aromatic carbocycles. The van der Waals surface area contributed by atoms with Crippen LogP contribution in [0.3, 0.4) is 0 Å². The van der Waals surface area contributed by atoms with E-state index in [1.54, 1.807) is 0 Å². The molecule has 1 aliphatic rings. The van der Waals surface area contributed by atoms with E-state index < -0.39 is 0 Å². The molecule has 0 saturated heterocycles. The lowest BCUT2D eigenvalue weighted by Crippen LogP contribution is -2.14. The van der Waals surface area contributed by atoms with Crippen LogP contribution in [0.25, 0.3) is 11.0 Å². The van der Waals surface area contributed by atoms with Gasteiger partial charge in [-0.2, -0.15) is 0 Å². The van der Waals surface area contributed by atoms with Crippen LogP contribution in [0.4, 0.5) is 0 Å². The molecule has 0 amide bonds. The molecule has 0 atom stereocenters. The summed E-state index contributed by atoms with van der Waals surface area (Å²) in [6.07, 6.45) is 5.97. The van der Waals surface area contributed by atoms with Gasteiger partial charge in [-0.05, 0) is 61.9 Å². The van der Waals surface area contributed by atoms with Gasteiger partial charge >= 0.3 is 0 Å². The summed E-state index contributed by atoms with van der Waals surface area (Å²) < 4.78 is 6.10. The quantitative estimate of drug-likeness (QED) is 0.819. The smallest absolute Gasteiger partial charge is 0.134 e. The average molecular weight is 257 g/mol. The normalized spacial score (nSPS) is 14.2. The molecule has 2 nitrogen and oxygen atoms in total. The van der Waals surface area contributed by atoms with Crippen LogP contribution in [0.5, 0.6) is 0 Å². The molecule has 0 unspecified atom stereocenters. The van der Waals surface area contributed by atoms with Gasteiger partial charge in [-0.15, -0.1) is 0 Å². The van der Waals surface area contributed by atoms with Gasteiger partial charge in [-0.3, -0.25) is 0 Å². The summed E-state index contributed by atoms with van der Waals surface area (Å²) in [4.78, 5) is 0. The lowest BCUT2D eigenvalue weighted by molar-refractivity contribution is 0.508. The highest BCUT2D eigenvalue weighted by Gasteiger charge is 2.17. The van der Waals surface area contributed by atoms with Crippen molar-refractivity contribution in [1.29, 1.82) is 0 Å². The van der Waals surface area contributed by atoms with E-state index in [0.717, 1.165) is 37.3 Å². The fourth-order valence-corrected chi connectivity index (χ4v) is 3.18. The first-order valence-electron chi connectivity index (χ1n) is 7.60. The lowest BCUT2D eigenvalue weighted by atomic mass is 10.0. The van der Waals surface area contributed by atoms with Gasteiger partial charge in [-0.1, -0.05) is 13.8 Å². The van der Waals surface area contributed by atoms with Crippen LogP contribution in [0.15, 0.2) is 16.5 Å². The number of benzene rings is 1. The van der Waals surface area contributed by atoms with Crippen molar-refractivity contribution in [3.8, 4) is 0 Å². The Morgan fingerprint density at radius 1 is 1.16 bits per heavy atom. The molecule has 1 N–H and O–H groups in total. The minimum absolute atomic E-state index is 0.858. The van der Waals surface area contributed by atoms with Gasteiger partial charge < -0.3 is 9.73 Å². The average Bonchev–Trinajstić information content (AvgIpc) is 2.99. The molecule has 3 rings (SSSR count). The molecule has 1 aliphatic carbocycles. The van der Waals surface area contributed by atoms with Gasteiger partial charge in [0.25, 0.3) is 0 Å². The molecular formula is C17H23NO. The van der Waals surface area contributed by atoms with Crippen molar-refractivity contribution in [3.63, 3.8) is 0 Å². The lowest BCUT2D eigenvalue weighted by Gasteiger charge is -2.02. The van der Waals surface area contributed by atoms with Crippen molar-refractivity contribution >= 4 is 11.0 Å². The zero-order valence-corrected chi connectivity index (χ0v) is 12.0. The molecule has 0 aliphatic heterocycles. The van der Waals surface area contributed by atoms with Crippen molar-refractivity contribution in [3.05, 3.63) is 34.6 Å². The number of hydrogen-bond acceptors (Lipinski definition) is 2. The minimum atomic E-state index is 0.858. The van der Waals surface area contributed by atoms with Crippen molar-refractivity contribution in [1.82, 2.24) is 5.32 Å². The zero-order valence-electron chi connectivity index (χ0n) is 12.0. The fraction of sp³-hybridized carbons (Fsp3) is 0.529. The van der Waals surface area contributed by atoms with Crippen LogP contribution in [-0.4, -0.2) is 6.54 Å². The Morgan fingerprint density at radius 3 is 2.68 bits per heavy atom. The summed E-state index contributed by atoms with van der Waals surface area (Å²) in [7, 11) is 0. The SMILES string of the molecule is CCCNCc1oc2cc3c(cc2c1CC)CCC3. The second-order valence-corrected chi connectivity index (χ2v) is 5.50. The molecular weight excluding hydrogens is 234 g/mol. The van der Waals surface area contributed by atoms with E-state index in [1.807, 2.05) is 0 Å². The predicted octanol–water partition coefficient (Wildman–Crippen LogP) is 3.98.